The van der Waals surface area contributed by atoms with Gasteiger partial charge in [0, 0.05) is 11.4 Å². The molecule has 1 aromatic heterocycles. The number of pyridine rings is 1. The zero-order chi connectivity index (χ0) is 13.2. The molecular formula is C8H5BrF5NO2. The molecule has 0 aliphatic rings. The largest absolute Gasteiger partial charge is 0.573 e. The Labute approximate surface area is 100 Å². The van der Waals surface area contributed by atoms with E-state index in [1.165, 1.54) is 0 Å². The second-order valence-corrected chi connectivity index (χ2v) is 3.38. The van der Waals surface area contributed by atoms with E-state index in [0.717, 1.165) is 0 Å². The highest BCUT2D eigenvalue weighted by Crippen LogP contribution is 2.36. The van der Waals surface area contributed by atoms with Crippen molar-refractivity contribution < 1.29 is 31.8 Å². The monoisotopic (exact) mass is 321 g/mol. The number of alkyl halides is 6. The summed E-state index contributed by atoms with van der Waals surface area (Å²) in [6.07, 6.45) is -8.15. The molecule has 0 saturated heterocycles. The lowest BCUT2D eigenvalue weighted by molar-refractivity contribution is -0.275. The van der Waals surface area contributed by atoms with Gasteiger partial charge in [-0.15, -0.1) is 13.2 Å². The summed E-state index contributed by atoms with van der Waals surface area (Å²) in [7, 11) is 0. The zero-order valence-electron chi connectivity index (χ0n) is 7.93. The molecule has 9 heteroatoms. The van der Waals surface area contributed by atoms with Crippen molar-refractivity contribution in [2.75, 3.05) is 0 Å². The SMILES string of the molecule is Oc1c(OC(F)(F)F)cc(C(F)F)nc1CBr. The molecule has 1 heterocycles. The molecule has 0 aromatic carbocycles. The number of rotatable bonds is 3. The molecule has 0 unspecified atom stereocenters. The predicted octanol–water partition coefficient (Wildman–Crippen LogP) is 3.52. The number of aromatic nitrogens is 1. The number of hydrogen-bond donors (Lipinski definition) is 1. The molecule has 0 saturated carbocycles. The summed E-state index contributed by atoms with van der Waals surface area (Å²) >= 11 is 2.80. The van der Waals surface area contributed by atoms with Crippen LogP contribution in [-0.2, 0) is 5.33 Å². The topological polar surface area (TPSA) is 42.4 Å². The number of aromatic hydroxyl groups is 1. The Morgan fingerprint density at radius 2 is 2.00 bits per heavy atom. The molecule has 0 fully saturated rings. The summed E-state index contributed by atoms with van der Waals surface area (Å²) in [5, 5.41) is 9.11. The molecule has 1 rings (SSSR count). The fourth-order valence-corrected chi connectivity index (χ4v) is 1.38. The Hall–Kier alpha value is -1.12. The van der Waals surface area contributed by atoms with Crippen molar-refractivity contribution in [2.45, 2.75) is 18.1 Å². The fourth-order valence-electron chi connectivity index (χ4n) is 0.993. The minimum Gasteiger partial charge on any atom is -0.503 e. The van der Waals surface area contributed by atoms with Gasteiger partial charge in [-0.25, -0.2) is 13.8 Å². The van der Waals surface area contributed by atoms with Crippen molar-refractivity contribution in [1.82, 2.24) is 4.98 Å². The maximum atomic E-state index is 12.3. The van der Waals surface area contributed by atoms with Crippen LogP contribution >= 0.6 is 15.9 Å². The first kappa shape index (κ1) is 13.9. The van der Waals surface area contributed by atoms with Crippen LogP contribution in [0, 0.1) is 0 Å². The molecular weight excluding hydrogens is 317 g/mol. The lowest BCUT2D eigenvalue weighted by Crippen LogP contribution is -2.18. The van der Waals surface area contributed by atoms with E-state index in [4.69, 9.17) is 0 Å². The standard InChI is InChI=1S/C8H5BrF5NO2/c9-2-4-6(16)5(17-8(12,13)14)1-3(15-4)7(10)11/h1,7,16H,2H2. The molecule has 0 aliphatic carbocycles. The summed E-state index contributed by atoms with van der Waals surface area (Å²) in [5.41, 5.74) is -1.27. The van der Waals surface area contributed by atoms with Crippen LogP contribution in [0.3, 0.4) is 0 Å². The van der Waals surface area contributed by atoms with E-state index in [1.807, 2.05) is 0 Å². The van der Waals surface area contributed by atoms with Crippen molar-refractivity contribution in [3.8, 4) is 11.5 Å². The van der Waals surface area contributed by atoms with Crippen LogP contribution in [0.4, 0.5) is 22.0 Å². The lowest BCUT2D eigenvalue weighted by Gasteiger charge is -2.13. The first-order valence-electron chi connectivity index (χ1n) is 4.07. The van der Waals surface area contributed by atoms with E-state index in [1.54, 1.807) is 0 Å². The molecule has 0 bridgehead atoms. The van der Waals surface area contributed by atoms with Crippen molar-refractivity contribution in [3.63, 3.8) is 0 Å². The average Bonchev–Trinajstić information content (AvgIpc) is 2.18. The van der Waals surface area contributed by atoms with Crippen LogP contribution in [0.2, 0.25) is 0 Å². The van der Waals surface area contributed by atoms with Crippen LogP contribution < -0.4 is 4.74 Å². The second kappa shape index (κ2) is 5.03. The van der Waals surface area contributed by atoms with Crippen LogP contribution in [0.15, 0.2) is 6.07 Å². The van der Waals surface area contributed by atoms with E-state index >= 15 is 0 Å². The normalized spacial score (nSPS) is 11.9. The smallest absolute Gasteiger partial charge is 0.503 e. The lowest BCUT2D eigenvalue weighted by atomic mass is 10.2. The average molecular weight is 322 g/mol. The van der Waals surface area contributed by atoms with Crippen LogP contribution in [0.5, 0.6) is 11.5 Å². The van der Waals surface area contributed by atoms with Gasteiger partial charge in [0.2, 0.25) is 0 Å². The van der Waals surface area contributed by atoms with E-state index in [0.29, 0.717) is 6.07 Å². The third kappa shape index (κ3) is 3.69. The van der Waals surface area contributed by atoms with E-state index in [2.05, 4.69) is 25.7 Å². The maximum absolute atomic E-state index is 12.3. The Morgan fingerprint density at radius 3 is 2.41 bits per heavy atom. The fraction of sp³-hybridized carbons (Fsp3) is 0.375. The van der Waals surface area contributed by atoms with Crippen molar-refractivity contribution >= 4 is 15.9 Å². The van der Waals surface area contributed by atoms with Gasteiger partial charge in [0.25, 0.3) is 6.43 Å². The molecule has 0 aliphatic heterocycles. The number of ether oxygens (including phenoxy) is 1. The second-order valence-electron chi connectivity index (χ2n) is 2.82. The highest BCUT2D eigenvalue weighted by Gasteiger charge is 2.33. The maximum Gasteiger partial charge on any atom is 0.573 e. The van der Waals surface area contributed by atoms with Gasteiger partial charge in [0.1, 0.15) is 5.69 Å². The van der Waals surface area contributed by atoms with Crippen LogP contribution in [0.25, 0.3) is 0 Å². The highest BCUT2D eigenvalue weighted by molar-refractivity contribution is 9.08. The molecule has 0 spiro atoms. The zero-order valence-corrected chi connectivity index (χ0v) is 9.52. The minimum absolute atomic E-state index is 0.187. The Morgan fingerprint density at radius 1 is 1.41 bits per heavy atom. The molecule has 0 radical (unpaired) electrons. The molecule has 3 nitrogen and oxygen atoms in total. The Kier molecular flexibility index (Phi) is 4.12. The number of nitrogens with zero attached hydrogens (tertiary/aromatic N) is 1. The Balaban J connectivity index is 3.23. The van der Waals surface area contributed by atoms with E-state index < -0.39 is 30.0 Å². The predicted molar refractivity (Wildman–Crippen MR) is 50.2 cm³/mol. The first-order valence-corrected chi connectivity index (χ1v) is 5.19. The van der Waals surface area contributed by atoms with Crippen LogP contribution in [0.1, 0.15) is 17.8 Å². The summed E-state index contributed by atoms with van der Waals surface area (Å²) in [6, 6.07) is 0.347. The van der Waals surface area contributed by atoms with Gasteiger partial charge < -0.3 is 9.84 Å². The highest BCUT2D eigenvalue weighted by atomic mass is 79.9. The molecule has 1 aromatic rings. The molecule has 0 atom stereocenters. The third-order valence-corrected chi connectivity index (χ3v) is 2.16. The van der Waals surface area contributed by atoms with Gasteiger partial charge in [-0.1, -0.05) is 15.9 Å². The minimum atomic E-state index is -5.08. The number of halogens is 6. The van der Waals surface area contributed by atoms with Gasteiger partial charge >= 0.3 is 6.36 Å². The van der Waals surface area contributed by atoms with E-state index in [9.17, 15) is 27.1 Å². The van der Waals surface area contributed by atoms with Crippen LogP contribution in [-0.4, -0.2) is 16.5 Å². The Bertz CT molecular complexity index is 410. The number of hydrogen-bond acceptors (Lipinski definition) is 3. The molecule has 96 valence electrons. The molecule has 1 N–H and O–H groups in total. The van der Waals surface area contributed by atoms with Gasteiger partial charge in [0.15, 0.2) is 11.5 Å². The third-order valence-electron chi connectivity index (χ3n) is 1.63. The van der Waals surface area contributed by atoms with Crippen molar-refractivity contribution in [2.24, 2.45) is 0 Å². The van der Waals surface area contributed by atoms with E-state index in [-0.39, 0.29) is 11.0 Å². The summed E-state index contributed by atoms with van der Waals surface area (Å²) in [4.78, 5) is 3.29. The summed E-state index contributed by atoms with van der Waals surface area (Å²) < 4.78 is 63.9. The summed E-state index contributed by atoms with van der Waals surface area (Å²) in [5.74, 6) is -2.03. The van der Waals surface area contributed by atoms with Crippen molar-refractivity contribution in [3.05, 3.63) is 17.5 Å². The first-order chi connectivity index (χ1) is 7.74. The molecule has 0 amide bonds. The summed E-state index contributed by atoms with van der Waals surface area (Å²) in [6.45, 7) is 0. The quantitative estimate of drug-likeness (QED) is 0.684. The van der Waals surface area contributed by atoms with Gasteiger partial charge in [-0.2, -0.15) is 0 Å². The van der Waals surface area contributed by atoms with Gasteiger partial charge in [-0.3, -0.25) is 0 Å². The molecule has 17 heavy (non-hydrogen) atoms. The van der Waals surface area contributed by atoms with Gasteiger partial charge in [-0.05, 0) is 0 Å². The van der Waals surface area contributed by atoms with Crippen molar-refractivity contribution in [1.29, 1.82) is 0 Å². The van der Waals surface area contributed by atoms with Gasteiger partial charge in [0.05, 0.1) is 5.69 Å².